The molecule has 2 heteroatoms. The van der Waals surface area contributed by atoms with Crippen LogP contribution in [0.2, 0.25) is 0 Å². The predicted octanol–water partition coefficient (Wildman–Crippen LogP) is 4.49. The number of nitrogens with one attached hydrogen (secondary N) is 1. The van der Waals surface area contributed by atoms with Gasteiger partial charge < -0.3 is 10.1 Å². The Bertz CT molecular complexity index is 494. The molecule has 21 heavy (non-hydrogen) atoms. The molecule has 1 aliphatic heterocycles. The van der Waals surface area contributed by atoms with E-state index in [0.717, 1.165) is 31.2 Å². The maximum absolute atomic E-state index is 5.66. The molecule has 0 aromatic heterocycles. The lowest BCUT2D eigenvalue weighted by Gasteiger charge is -2.35. The second-order valence-corrected chi connectivity index (χ2v) is 7.38. The summed E-state index contributed by atoms with van der Waals surface area (Å²) < 4.78 is 5.66. The van der Waals surface area contributed by atoms with E-state index in [2.05, 4.69) is 44.3 Å². The highest BCUT2D eigenvalue weighted by molar-refractivity contribution is 5.41. The standard InChI is InChI=1S/C19H29NO/c1-4-11-20-18(16-6-5-10-19(16,2)3)15-7-8-17-14(13-15)9-12-21-17/h7-8,13,16,18,20H,4-6,9-12H2,1-3H3. The molecular formula is C19H29NO. The Morgan fingerprint density at radius 1 is 1.38 bits per heavy atom. The molecule has 1 saturated carbocycles. The molecule has 116 valence electrons. The van der Waals surface area contributed by atoms with Crippen molar-refractivity contribution in [3.63, 3.8) is 0 Å². The van der Waals surface area contributed by atoms with Crippen molar-refractivity contribution in [3.8, 4) is 5.75 Å². The topological polar surface area (TPSA) is 21.3 Å². The van der Waals surface area contributed by atoms with Gasteiger partial charge in [-0.05, 0) is 54.3 Å². The Morgan fingerprint density at radius 3 is 2.95 bits per heavy atom. The fourth-order valence-electron chi connectivity index (χ4n) is 4.16. The highest BCUT2D eigenvalue weighted by Crippen LogP contribution is 2.49. The SMILES string of the molecule is CCCNC(c1ccc2c(c1)CCO2)C1CCCC1(C)C. The maximum atomic E-state index is 5.66. The third-order valence-electron chi connectivity index (χ3n) is 5.43. The van der Waals surface area contributed by atoms with Crippen LogP contribution >= 0.6 is 0 Å². The van der Waals surface area contributed by atoms with Crippen molar-refractivity contribution >= 4 is 0 Å². The summed E-state index contributed by atoms with van der Waals surface area (Å²) >= 11 is 0. The van der Waals surface area contributed by atoms with Crippen LogP contribution < -0.4 is 10.1 Å². The summed E-state index contributed by atoms with van der Waals surface area (Å²) in [6, 6.07) is 7.35. The van der Waals surface area contributed by atoms with E-state index in [-0.39, 0.29) is 0 Å². The average Bonchev–Trinajstić information content (AvgIpc) is 3.05. The zero-order valence-corrected chi connectivity index (χ0v) is 13.7. The normalized spacial score (nSPS) is 24.6. The van der Waals surface area contributed by atoms with Crippen LogP contribution in [0.5, 0.6) is 5.75 Å². The van der Waals surface area contributed by atoms with E-state index >= 15 is 0 Å². The monoisotopic (exact) mass is 287 g/mol. The summed E-state index contributed by atoms with van der Waals surface area (Å²) in [4.78, 5) is 0. The van der Waals surface area contributed by atoms with Gasteiger partial charge >= 0.3 is 0 Å². The Labute approximate surface area is 129 Å². The Kier molecular flexibility index (Phi) is 4.26. The summed E-state index contributed by atoms with van der Waals surface area (Å²) in [5, 5.41) is 3.83. The fraction of sp³-hybridized carbons (Fsp3) is 0.684. The number of rotatable bonds is 5. The number of hydrogen-bond donors (Lipinski definition) is 1. The van der Waals surface area contributed by atoms with Gasteiger partial charge in [0, 0.05) is 12.5 Å². The van der Waals surface area contributed by atoms with Crippen LogP contribution in [0.25, 0.3) is 0 Å². The predicted molar refractivity (Wildman–Crippen MR) is 87.8 cm³/mol. The molecule has 1 aromatic rings. The molecule has 0 saturated heterocycles. The first-order valence-electron chi connectivity index (χ1n) is 8.61. The van der Waals surface area contributed by atoms with Crippen LogP contribution in [-0.4, -0.2) is 13.2 Å². The van der Waals surface area contributed by atoms with Crippen molar-refractivity contribution < 1.29 is 4.74 Å². The van der Waals surface area contributed by atoms with Gasteiger partial charge in [0.2, 0.25) is 0 Å². The van der Waals surface area contributed by atoms with Crippen molar-refractivity contribution in [2.45, 2.75) is 58.9 Å². The van der Waals surface area contributed by atoms with Crippen LogP contribution in [0.1, 0.15) is 63.6 Å². The molecule has 2 unspecified atom stereocenters. The van der Waals surface area contributed by atoms with E-state index < -0.39 is 0 Å². The largest absolute Gasteiger partial charge is 0.493 e. The summed E-state index contributed by atoms with van der Waals surface area (Å²) in [5.41, 5.74) is 3.31. The molecule has 0 radical (unpaired) electrons. The van der Waals surface area contributed by atoms with Crippen molar-refractivity contribution in [1.29, 1.82) is 0 Å². The van der Waals surface area contributed by atoms with E-state index in [9.17, 15) is 0 Å². The summed E-state index contributed by atoms with van der Waals surface area (Å²) in [6.07, 6.45) is 6.34. The average molecular weight is 287 g/mol. The molecule has 3 rings (SSSR count). The van der Waals surface area contributed by atoms with Gasteiger partial charge in [0.05, 0.1) is 6.61 Å². The fourth-order valence-corrected chi connectivity index (χ4v) is 4.16. The quantitative estimate of drug-likeness (QED) is 0.861. The number of hydrogen-bond acceptors (Lipinski definition) is 2. The molecule has 1 fully saturated rings. The number of ether oxygens (including phenoxy) is 1. The van der Waals surface area contributed by atoms with Gasteiger partial charge in [-0.3, -0.25) is 0 Å². The van der Waals surface area contributed by atoms with Gasteiger partial charge in [0.15, 0.2) is 0 Å². The van der Waals surface area contributed by atoms with Crippen LogP contribution in [0.4, 0.5) is 0 Å². The minimum atomic E-state index is 0.445. The van der Waals surface area contributed by atoms with Gasteiger partial charge in [-0.15, -0.1) is 0 Å². The Balaban J connectivity index is 1.88. The van der Waals surface area contributed by atoms with Gasteiger partial charge in [0.25, 0.3) is 0 Å². The third-order valence-corrected chi connectivity index (χ3v) is 5.43. The molecule has 1 N–H and O–H groups in total. The van der Waals surface area contributed by atoms with Gasteiger partial charge in [-0.25, -0.2) is 0 Å². The van der Waals surface area contributed by atoms with Crippen molar-refractivity contribution in [2.24, 2.45) is 11.3 Å². The van der Waals surface area contributed by atoms with Crippen LogP contribution in [0.15, 0.2) is 18.2 Å². The van der Waals surface area contributed by atoms with Crippen molar-refractivity contribution in [3.05, 3.63) is 29.3 Å². The molecule has 2 aliphatic rings. The zero-order chi connectivity index (χ0) is 14.9. The van der Waals surface area contributed by atoms with Crippen LogP contribution in [-0.2, 0) is 6.42 Å². The number of benzene rings is 1. The van der Waals surface area contributed by atoms with Crippen LogP contribution in [0.3, 0.4) is 0 Å². The van der Waals surface area contributed by atoms with Crippen molar-refractivity contribution in [2.75, 3.05) is 13.2 Å². The Morgan fingerprint density at radius 2 is 2.24 bits per heavy atom. The van der Waals surface area contributed by atoms with Gasteiger partial charge in [0.1, 0.15) is 5.75 Å². The molecule has 0 amide bonds. The van der Waals surface area contributed by atoms with E-state index in [1.807, 2.05) is 0 Å². The smallest absolute Gasteiger partial charge is 0.122 e. The highest BCUT2D eigenvalue weighted by atomic mass is 16.5. The van der Waals surface area contributed by atoms with E-state index in [0.29, 0.717) is 11.5 Å². The maximum Gasteiger partial charge on any atom is 0.122 e. The molecule has 0 spiro atoms. The lowest BCUT2D eigenvalue weighted by molar-refractivity contribution is 0.197. The second-order valence-electron chi connectivity index (χ2n) is 7.38. The van der Waals surface area contributed by atoms with E-state index in [1.165, 1.54) is 36.8 Å². The lowest BCUT2D eigenvalue weighted by atomic mass is 9.75. The molecule has 0 bridgehead atoms. The molecular weight excluding hydrogens is 258 g/mol. The van der Waals surface area contributed by atoms with E-state index in [1.54, 1.807) is 0 Å². The summed E-state index contributed by atoms with van der Waals surface area (Å²) in [5.74, 6) is 1.84. The molecule has 2 atom stereocenters. The van der Waals surface area contributed by atoms with Crippen LogP contribution in [0, 0.1) is 11.3 Å². The second kappa shape index (κ2) is 6.00. The molecule has 2 nitrogen and oxygen atoms in total. The first-order valence-corrected chi connectivity index (χ1v) is 8.61. The third kappa shape index (κ3) is 2.96. The summed E-state index contributed by atoms with van der Waals surface area (Å²) in [7, 11) is 0. The summed E-state index contributed by atoms with van der Waals surface area (Å²) in [6.45, 7) is 9.09. The minimum absolute atomic E-state index is 0.445. The number of fused-ring (bicyclic) bond motifs is 1. The van der Waals surface area contributed by atoms with Gasteiger partial charge in [-0.2, -0.15) is 0 Å². The van der Waals surface area contributed by atoms with E-state index in [4.69, 9.17) is 4.74 Å². The zero-order valence-electron chi connectivity index (χ0n) is 13.7. The highest BCUT2D eigenvalue weighted by Gasteiger charge is 2.40. The first-order chi connectivity index (χ1) is 10.1. The first kappa shape index (κ1) is 14.9. The Hall–Kier alpha value is -1.02. The van der Waals surface area contributed by atoms with Crippen molar-refractivity contribution in [1.82, 2.24) is 5.32 Å². The molecule has 1 aliphatic carbocycles. The molecule has 1 heterocycles. The minimum Gasteiger partial charge on any atom is -0.493 e. The van der Waals surface area contributed by atoms with Gasteiger partial charge in [-0.1, -0.05) is 39.3 Å². The lowest BCUT2D eigenvalue weighted by Crippen LogP contribution is -2.34. The molecule has 1 aromatic carbocycles.